The Hall–Kier alpha value is -1.08. The summed E-state index contributed by atoms with van der Waals surface area (Å²) in [6.07, 6.45) is 1.98. The summed E-state index contributed by atoms with van der Waals surface area (Å²) >= 11 is 0. The molecule has 4 nitrogen and oxygen atoms in total. The van der Waals surface area contributed by atoms with Gasteiger partial charge in [0, 0.05) is 6.54 Å². The van der Waals surface area contributed by atoms with E-state index in [1.165, 1.54) is 0 Å². The second-order valence-corrected chi connectivity index (χ2v) is 2.92. The van der Waals surface area contributed by atoms with Gasteiger partial charge in [-0.05, 0) is 19.4 Å². The fraction of sp³-hybridized carbons (Fsp3) is 0.750. The molecule has 0 saturated carbocycles. The van der Waals surface area contributed by atoms with E-state index in [0.29, 0.717) is 0 Å². The second kappa shape index (κ2) is 4.73. The van der Waals surface area contributed by atoms with Gasteiger partial charge >= 0.3 is 0 Å². The van der Waals surface area contributed by atoms with Crippen LogP contribution >= 0.6 is 0 Å². The lowest BCUT2D eigenvalue weighted by atomic mass is 9.99. The Morgan fingerprint density at radius 1 is 1.75 bits per heavy atom. The van der Waals surface area contributed by atoms with Crippen LogP contribution in [-0.4, -0.2) is 25.5 Å². The van der Waals surface area contributed by atoms with Crippen LogP contribution in [0.5, 0.6) is 0 Å². The molecule has 0 aromatic rings. The van der Waals surface area contributed by atoms with Crippen molar-refractivity contribution in [1.29, 1.82) is 5.26 Å². The SMILES string of the molecule is N#CCNC(=O)C1CCCNC1. The van der Waals surface area contributed by atoms with Crippen LogP contribution < -0.4 is 10.6 Å². The molecule has 0 aromatic carbocycles. The lowest BCUT2D eigenvalue weighted by Crippen LogP contribution is -2.40. The molecule has 1 aliphatic rings. The van der Waals surface area contributed by atoms with Crippen molar-refractivity contribution in [3.63, 3.8) is 0 Å². The summed E-state index contributed by atoms with van der Waals surface area (Å²) in [7, 11) is 0. The van der Waals surface area contributed by atoms with E-state index in [1.807, 2.05) is 6.07 Å². The van der Waals surface area contributed by atoms with Crippen LogP contribution in [0.2, 0.25) is 0 Å². The van der Waals surface area contributed by atoms with Gasteiger partial charge in [0.15, 0.2) is 0 Å². The first kappa shape index (κ1) is 9.01. The van der Waals surface area contributed by atoms with E-state index in [4.69, 9.17) is 5.26 Å². The van der Waals surface area contributed by atoms with Crippen LogP contribution in [0, 0.1) is 17.2 Å². The quantitative estimate of drug-likeness (QED) is 0.551. The van der Waals surface area contributed by atoms with Crippen LogP contribution in [0.15, 0.2) is 0 Å². The predicted molar refractivity (Wildman–Crippen MR) is 44.2 cm³/mol. The zero-order chi connectivity index (χ0) is 8.81. The molecule has 1 unspecified atom stereocenters. The molecule has 66 valence electrons. The standard InChI is InChI=1S/C8H13N3O/c9-3-5-11-8(12)7-2-1-4-10-6-7/h7,10H,1-2,4-6H2,(H,11,12). The monoisotopic (exact) mass is 167 g/mol. The van der Waals surface area contributed by atoms with E-state index in [0.717, 1.165) is 25.9 Å². The number of carbonyl (C=O) groups excluding carboxylic acids is 1. The highest BCUT2D eigenvalue weighted by Gasteiger charge is 2.19. The zero-order valence-electron chi connectivity index (χ0n) is 6.97. The summed E-state index contributed by atoms with van der Waals surface area (Å²) < 4.78 is 0. The number of nitrogens with zero attached hydrogens (tertiary/aromatic N) is 1. The highest BCUT2D eigenvalue weighted by molar-refractivity contribution is 5.79. The molecule has 12 heavy (non-hydrogen) atoms. The van der Waals surface area contributed by atoms with Gasteiger partial charge in [0.25, 0.3) is 0 Å². The zero-order valence-corrected chi connectivity index (χ0v) is 6.97. The van der Waals surface area contributed by atoms with Crippen molar-refractivity contribution >= 4 is 5.91 Å². The largest absolute Gasteiger partial charge is 0.343 e. The average molecular weight is 167 g/mol. The number of rotatable bonds is 2. The third-order valence-corrected chi connectivity index (χ3v) is 2.01. The maximum absolute atomic E-state index is 11.3. The van der Waals surface area contributed by atoms with Crippen molar-refractivity contribution in [3.05, 3.63) is 0 Å². The molecule has 1 aliphatic heterocycles. The van der Waals surface area contributed by atoms with E-state index in [9.17, 15) is 4.79 Å². The summed E-state index contributed by atoms with van der Waals surface area (Å²) in [5.41, 5.74) is 0. The minimum atomic E-state index is 0.00347. The van der Waals surface area contributed by atoms with Crippen molar-refractivity contribution in [2.75, 3.05) is 19.6 Å². The smallest absolute Gasteiger partial charge is 0.225 e. The predicted octanol–water partition coefficient (Wildman–Crippen LogP) is -0.374. The molecule has 0 bridgehead atoms. The summed E-state index contributed by atoms with van der Waals surface area (Å²) in [6.45, 7) is 1.87. The molecule has 1 atom stereocenters. The molecule has 0 aliphatic carbocycles. The van der Waals surface area contributed by atoms with Crippen LogP contribution in [0.4, 0.5) is 0 Å². The van der Waals surface area contributed by atoms with Gasteiger partial charge in [-0.25, -0.2) is 0 Å². The van der Waals surface area contributed by atoms with Gasteiger partial charge in [-0.1, -0.05) is 0 Å². The van der Waals surface area contributed by atoms with E-state index in [-0.39, 0.29) is 18.4 Å². The molecule has 0 aromatic heterocycles. The van der Waals surface area contributed by atoms with Crippen LogP contribution in [0.3, 0.4) is 0 Å². The molecule has 0 radical (unpaired) electrons. The first-order chi connectivity index (χ1) is 5.84. The molecule has 1 fully saturated rings. The van der Waals surface area contributed by atoms with E-state index >= 15 is 0 Å². The number of piperidine rings is 1. The molecular weight excluding hydrogens is 154 g/mol. The lowest BCUT2D eigenvalue weighted by molar-refractivity contribution is -0.125. The Bertz CT molecular complexity index is 191. The Kier molecular flexibility index (Phi) is 3.55. The van der Waals surface area contributed by atoms with Gasteiger partial charge in [0.1, 0.15) is 6.54 Å². The summed E-state index contributed by atoms with van der Waals surface area (Å²) in [4.78, 5) is 11.3. The Morgan fingerprint density at radius 3 is 3.17 bits per heavy atom. The fourth-order valence-corrected chi connectivity index (χ4v) is 1.35. The van der Waals surface area contributed by atoms with Crippen LogP contribution in [0.25, 0.3) is 0 Å². The summed E-state index contributed by atoms with van der Waals surface area (Å²) in [5, 5.41) is 13.9. The maximum Gasteiger partial charge on any atom is 0.225 e. The first-order valence-electron chi connectivity index (χ1n) is 4.20. The van der Waals surface area contributed by atoms with Crippen LogP contribution in [0.1, 0.15) is 12.8 Å². The molecule has 2 N–H and O–H groups in total. The van der Waals surface area contributed by atoms with Gasteiger partial charge in [0.2, 0.25) is 5.91 Å². The summed E-state index contributed by atoms with van der Waals surface area (Å²) in [6, 6.07) is 1.89. The first-order valence-corrected chi connectivity index (χ1v) is 4.20. The fourth-order valence-electron chi connectivity index (χ4n) is 1.35. The highest BCUT2D eigenvalue weighted by Crippen LogP contribution is 2.09. The molecule has 1 saturated heterocycles. The number of carbonyl (C=O) groups is 1. The van der Waals surface area contributed by atoms with Crippen molar-refractivity contribution in [1.82, 2.24) is 10.6 Å². The van der Waals surface area contributed by atoms with Crippen molar-refractivity contribution < 1.29 is 4.79 Å². The Balaban J connectivity index is 2.26. The van der Waals surface area contributed by atoms with E-state index < -0.39 is 0 Å². The molecule has 1 amide bonds. The minimum Gasteiger partial charge on any atom is -0.343 e. The van der Waals surface area contributed by atoms with Crippen molar-refractivity contribution in [2.24, 2.45) is 5.92 Å². The summed E-state index contributed by atoms with van der Waals surface area (Å²) in [5.74, 6) is 0.0656. The number of nitriles is 1. The topological polar surface area (TPSA) is 64.9 Å². The van der Waals surface area contributed by atoms with Gasteiger partial charge in [-0.2, -0.15) is 5.26 Å². The number of hydrogen-bond donors (Lipinski definition) is 2. The number of amides is 1. The van der Waals surface area contributed by atoms with E-state index in [2.05, 4.69) is 10.6 Å². The van der Waals surface area contributed by atoms with Crippen LogP contribution in [-0.2, 0) is 4.79 Å². The van der Waals surface area contributed by atoms with Crippen molar-refractivity contribution in [2.45, 2.75) is 12.8 Å². The minimum absolute atomic E-state index is 0.00347. The maximum atomic E-state index is 11.3. The van der Waals surface area contributed by atoms with Gasteiger partial charge in [0.05, 0.1) is 12.0 Å². The molecule has 1 rings (SSSR count). The molecule has 1 heterocycles. The van der Waals surface area contributed by atoms with Gasteiger partial charge < -0.3 is 10.6 Å². The molecule has 4 heteroatoms. The third kappa shape index (κ3) is 2.51. The number of nitrogens with one attached hydrogen (secondary N) is 2. The van der Waals surface area contributed by atoms with Crippen molar-refractivity contribution in [3.8, 4) is 6.07 Å². The third-order valence-electron chi connectivity index (χ3n) is 2.01. The van der Waals surface area contributed by atoms with Gasteiger partial charge in [-0.15, -0.1) is 0 Å². The lowest BCUT2D eigenvalue weighted by Gasteiger charge is -2.21. The average Bonchev–Trinajstić information content (AvgIpc) is 2.15. The molecular formula is C8H13N3O. The Labute approximate surface area is 71.9 Å². The molecule has 0 spiro atoms. The van der Waals surface area contributed by atoms with Gasteiger partial charge in [-0.3, -0.25) is 4.79 Å². The highest BCUT2D eigenvalue weighted by atomic mass is 16.1. The van der Waals surface area contributed by atoms with E-state index in [1.54, 1.807) is 0 Å². The number of hydrogen-bond acceptors (Lipinski definition) is 3. The normalized spacial score (nSPS) is 22.8. The second-order valence-electron chi connectivity index (χ2n) is 2.92. The Morgan fingerprint density at radius 2 is 2.58 bits per heavy atom.